The average molecular weight is 416 g/mol. The highest BCUT2D eigenvalue weighted by atomic mass is 19.4. The summed E-state index contributed by atoms with van der Waals surface area (Å²) in [5, 5.41) is 2.53. The molecule has 0 fully saturated rings. The molecule has 2 amide bonds. The Labute approximate surface area is 165 Å². The molecule has 0 radical (unpaired) electrons. The van der Waals surface area contributed by atoms with Gasteiger partial charge in [-0.3, -0.25) is 0 Å². The Morgan fingerprint density at radius 1 is 1.07 bits per heavy atom. The molecule has 0 atom stereocenters. The van der Waals surface area contributed by atoms with Gasteiger partial charge in [-0.2, -0.15) is 13.2 Å². The normalized spacial score (nSPS) is 11.0. The Morgan fingerprint density at radius 2 is 1.79 bits per heavy atom. The summed E-state index contributed by atoms with van der Waals surface area (Å²) in [6.07, 6.45) is -4.51. The van der Waals surface area contributed by atoms with Gasteiger partial charge in [-0.1, -0.05) is 12.1 Å². The Kier molecular flexibility index (Phi) is 7.52. The van der Waals surface area contributed by atoms with Crippen molar-refractivity contribution in [1.29, 1.82) is 0 Å². The predicted octanol–water partition coefficient (Wildman–Crippen LogP) is 4.32. The maximum atomic E-state index is 13.5. The lowest BCUT2D eigenvalue weighted by Gasteiger charge is -2.19. The van der Waals surface area contributed by atoms with Crippen LogP contribution in [0, 0.1) is 5.82 Å². The number of alkyl halides is 3. The summed E-state index contributed by atoms with van der Waals surface area (Å²) in [5.41, 5.74) is 0.217. The predicted molar refractivity (Wildman–Crippen MR) is 98.1 cm³/mol. The summed E-state index contributed by atoms with van der Waals surface area (Å²) in [6, 6.07) is 9.41. The van der Waals surface area contributed by atoms with Gasteiger partial charge in [0.25, 0.3) is 0 Å². The summed E-state index contributed by atoms with van der Waals surface area (Å²) >= 11 is 0. The lowest BCUT2D eigenvalue weighted by Crippen LogP contribution is -2.34. The van der Waals surface area contributed by atoms with Crippen molar-refractivity contribution in [2.45, 2.75) is 6.18 Å². The Hall–Kier alpha value is -3.17. The van der Waals surface area contributed by atoms with Crippen LogP contribution in [0.2, 0.25) is 0 Å². The highest BCUT2D eigenvalue weighted by Crippen LogP contribution is 2.31. The third kappa shape index (κ3) is 7.05. The number of amides is 2. The fourth-order valence-electron chi connectivity index (χ4n) is 2.20. The van der Waals surface area contributed by atoms with Gasteiger partial charge in [-0.25, -0.2) is 9.18 Å². The molecule has 0 saturated carbocycles. The van der Waals surface area contributed by atoms with Gasteiger partial charge in [-0.05, 0) is 24.3 Å². The number of hydrogen-bond donors (Lipinski definition) is 1. The van der Waals surface area contributed by atoms with Crippen molar-refractivity contribution in [3.8, 4) is 17.2 Å². The van der Waals surface area contributed by atoms with Gasteiger partial charge in [0.2, 0.25) is 0 Å². The van der Waals surface area contributed by atoms with Crippen LogP contribution in [-0.4, -0.2) is 51.0 Å². The molecule has 0 unspecified atom stereocenters. The molecule has 2 aromatic carbocycles. The van der Waals surface area contributed by atoms with E-state index in [-0.39, 0.29) is 36.1 Å². The van der Waals surface area contributed by atoms with Gasteiger partial charge in [0.05, 0.1) is 13.7 Å². The summed E-state index contributed by atoms with van der Waals surface area (Å²) in [6.45, 7) is -1.30. The molecule has 0 spiro atoms. The zero-order valence-electron chi connectivity index (χ0n) is 15.8. The van der Waals surface area contributed by atoms with Gasteiger partial charge >= 0.3 is 12.2 Å². The van der Waals surface area contributed by atoms with E-state index >= 15 is 0 Å². The van der Waals surface area contributed by atoms with Crippen molar-refractivity contribution in [3.63, 3.8) is 0 Å². The fourth-order valence-corrected chi connectivity index (χ4v) is 2.20. The highest BCUT2D eigenvalue weighted by Gasteiger charge is 2.29. The molecule has 2 rings (SSSR count). The number of para-hydroxylation sites is 1. The zero-order valence-corrected chi connectivity index (χ0v) is 15.8. The van der Waals surface area contributed by atoms with E-state index in [1.165, 1.54) is 55.5 Å². The number of methoxy groups -OCH3 is 1. The smallest absolute Gasteiger partial charge is 0.422 e. The van der Waals surface area contributed by atoms with Crippen molar-refractivity contribution in [3.05, 3.63) is 48.3 Å². The zero-order chi connectivity index (χ0) is 21.4. The molecule has 0 aliphatic rings. The second-order valence-corrected chi connectivity index (χ2v) is 5.90. The van der Waals surface area contributed by atoms with E-state index in [1.807, 2.05) is 0 Å². The maximum Gasteiger partial charge on any atom is 0.422 e. The van der Waals surface area contributed by atoms with E-state index in [1.54, 1.807) is 6.07 Å². The molecule has 1 N–H and O–H groups in total. The van der Waals surface area contributed by atoms with Crippen molar-refractivity contribution in [1.82, 2.24) is 4.90 Å². The number of hydrogen-bond acceptors (Lipinski definition) is 4. The number of carbonyl (C=O) groups excluding carboxylic acids is 1. The van der Waals surface area contributed by atoms with Crippen molar-refractivity contribution in [2.75, 3.05) is 39.2 Å². The van der Waals surface area contributed by atoms with Gasteiger partial charge < -0.3 is 24.4 Å². The van der Waals surface area contributed by atoms with Crippen LogP contribution in [0.3, 0.4) is 0 Å². The molecular formula is C19H20F4N2O4. The molecule has 0 heterocycles. The van der Waals surface area contributed by atoms with E-state index < -0.39 is 24.6 Å². The second kappa shape index (κ2) is 9.85. The molecular weight excluding hydrogens is 396 g/mol. The van der Waals surface area contributed by atoms with Crippen molar-refractivity contribution >= 4 is 11.7 Å². The Morgan fingerprint density at radius 3 is 2.45 bits per heavy atom. The Balaban J connectivity index is 1.92. The first-order valence-corrected chi connectivity index (χ1v) is 8.46. The van der Waals surface area contributed by atoms with Gasteiger partial charge in [0, 0.05) is 18.8 Å². The number of likely N-dealkylation sites (N-methyl/N-ethyl adjacent to an activating group) is 1. The molecule has 29 heavy (non-hydrogen) atoms. The average Bonchev–Trinajstić information content (AvgIpc) is 2.67. The number of benzene rings is 2. The minimum Gasteiger partial charge on any atom is -0.493 e. The third-order valence-electron chi connectivity index (χ3n) is 3.67. The van der Waals surface area contributed by atoms with Crippen LogP contribution in [0.25, 0.3) is 0 Å². The minimum absolute atomic E-state index is 0.0490. The van der Waals surface area contributed by atoms with Gasteiger partial charge in [0.15, 0.2) is 29.7 Å². The number of anilines is 1. The topological polar surface area (TPSA) is 60.0 Å². The lowest BCUT2D eigenvalue weighted by molar-refractivity contribution is -0.153. The number of nitrogens with zero attached hydrogens (tertiary/aromatic N) is 1. The minimum atomic E-state index is -4.51. The number of urea groups is 1. The quantitative estimate of drug-likeness (QED) is 0.652. The number of halogens is 4. The van der Waals surface area contributed by atoms with E-state index in [2.05, 4.69) is 5.32 Å². The van der Waals surface area contributed by atoms with Crippen LogP contribution in [0.1, 0.15) is 0 Å². The van der Waals surface area contributed by atoms with Crippen LogP contribution < -0.4 is 19.5 Å². The summed E-state index contributed by atoms with van der Waals surface area (Å²) in [4.78, 5) is 13.5. The summed E-state index contributed by atoms with van der Waals surface area (Å²) in [5.74, 6) is -0.501. The number of ether oxygens (including phenoxy) is 3. The fraction of sp³-hybridized carbons (Fsp3) is 0.316. The van der Waals surface area contributed by atoms with Crippen LogP contribution in [0.15, 0.2) is 42.5 Å². The number of nitrogens with one attached hydrogen (secondary N) is 1. The van der Waals surface area contributed by atoms with Gasteiger partial charge in [-0.15, -0.1) is 0 Å². The van der Waals surface area contributed by atoms with Crippen molar-refractivity contribution in [2.24, 2.45) is 0 Å². The molecule has 0 aromatic heterocycles. The second-order valence-electron chi connectivity index (χ2n) is 5.90. The Bertz CT molecular complexity index is 830. The van der Waals surface area contributed by atoms with Crippen LogP contribution in [0.5, 0.6) is 17.2 Å². The molecule has 6 nitrogen and oxygen atoms in total. The molecule has 0 bridgehead atoms. The first kappa shape index (κ1) is 22.1. The van der Waals surface area contributed by atoms with E-state index in [4.69, 9.17) is 14.2 Å². The summed E-state index contributed by atoms with van der Waals surface area (Å²) < 4.78 is 65.6. The molecule has 0 aliphatic heterocycles. The monoisotopic (exact) mass is 416 g/mol. The first-order valence-electron chi connectivity index (χ1n) is 8.46. The first-order chi connectivity index (χ1) is 13.7. The molecule has 10 heteroatoms. The number of rotatable bonds is 8. The standard InChI is InChI=1S/C19H20F4N2O4/c1-25(9-10-28-15-6-4-3-5-14(15)20)18(26)24-13-7-8-16(27-2)17(11-13)29-12-19(21,22)23/h3-8,11H,9-10,12H2,1-2H3,(H,24,26). The van der Waals surface area contributed by atoms with E-state index in [0.717, 1.165) is 0 Å². The van der Waals surface area contributed by atoms with E-state index in [9.17, 15) is 22.4 Å². The molecule has 0 aliphatic carbocycles. The summed E-state index contributed by atoms with van der Waals surface area (Å²) in [7, 11) is 2.78. The number of carbonyl (C=O) groups is 1. The van der Waals surface area contributed by atoms with Gasteiger partial charge in [0.1, 0.15) is 6.61 Å². The van der Waals surface area contributed by atoms with Crippen LogP contribution in [-0.2, 0) is 0 Å². The largest absolute Gasteiger partial charge is 0.493 e. The van der Waals surface area contributed by atoms with E-state index in [0.29, 0.717) is 0 Å². The molecule has 2 aromatic rings. The third-order valence-corrected chi connectivity index (χ3v) is 3.67. The molecule has 0 saturated heterocycles. The SMILES string of the molecule is COc1ccc(NC(=O)N(C)CCOc2ccccc2F)cc1OCC(F)(F)F. The lowest BCUT2D eigenvalue weighted by atomic mass is 10.2. The molecule has 158 valence electrons. The van der Waals surface area contributed by atoms with Crippen LogP contribution in [0.4, 0.5) is 28.0 Å². The highest BCUT2D eigenvalue weighted by molar-refractivity contribution is 5.89. The maximum absolute atomic E-state index is 13.5. The van der Waals surface area contributed by atoms with Crippen LogP contribution >= 0.6 is 0 Å². The van der Waals surface area contributed by atoms with Crippen molar-refractivity contribution < 1.29 is 36.6 Å².